The molecule has 0 aromatic carbocycles. The molecule has 2 aliphatic heterocycles. The van der Waals surface area contributed by atoms with Crippen LogP contribution in [0.2, 0.25) is 0 Å². The number of hydrogen-bond acceptors (Lipinski definition) is 5. The van der Waals surface area contributed by atoms with Crippen LogP contribution in [0.15, 0.2) is 0 Å². The lowest BCUT2D eigenvalue weighted by atomic mass is 9.70. The third-order valence-corrected chi connectivity index (χ3v) is 7.46. The van der Waals surface area contributed by atoms with Crippen LogP contribution in [0.1, 0.15) is 32.1 Å². The Morgan fingerprint density at radius 2 is 1.81 bits per heavy atom. The van der Waals surface area contributed by atoms with E-state index >= 15 is 0 Å². The van der Waals surface area contributed by atoms with Crippen LogP contribution in [-0.2, 0) is 19.6 Å². The van der Waals surface area contributed by atoms with Crippen molar-refractivity contribution in [3.8, 4) is 0 Å². The van der Waals surface area contributed by atoms with Gasteiger partial charge in [-0.2, -0.15) is 4.31 Å². The minimum Gasteiger partial charge on any atom is -0.469 e. The van der Waals surface area contributed by atoms with Gasteiger partial charge in [-0.3, -0.25) is 4.79 Å². The number of ether oxygens (including phenoxy) is 1. The number of piperazine rings is 1. The highest BCUT2D eigenvalue weighted by atomic mass is 32.2. The fourth-order valence-corrected chi connectivity index (χ4v) is 6.69. The number of sulfonamides is 1. The Hall–Kier alpha value is -0.660. The number of hydrogen-bond donors (Lipinski definition) is 0. The van der Waals surface area contributed by atoms with E-state index in [0.29, 0.717) is 12.8 Å². The standard InChI is InChI=1S/C14H24N2O4S/c1-15-8-11-4-5-12(9-15)16(11)21(18,19)10-14(6-3-7-14)13(17)20-2/h11-12H,3-10H2,1-2H3. The molecular formula is C14H24N2O4S. The van der Waals surface area contributed by atoms with Crippen LogP contribution in [-0.4, -0.2) is 68.7 Å². The second kappa shape index (κ2) is 5.21. The maximum absolute atomic E-state index is 12.9. The minimum atomic E-state index is -3.41. The molecule has 3 fully saturated rings. The van der Waals surface area contributed by atoms with Gasteiger partial charge in [-0.05, 0) is 32.7 Å². The van der Waals surface area contributed by atoms with Crippen molar-refractivity contribution in [3.63, 3.8) is 0 Å². The number of rotatable bonds is 4. The van der Waals surface area contributed by atoms with Gasteiger partial charge in [0.25, 0.3) is 0 Å². The zero-order valence-electron chi connectivity index (χ0n) is 12.7. The maximum Gasteiger partial charge on any atom is 0.312 e. The van der Waals surface area contributed by atoms with Crippen molar-refractivity contribution in [2.24, 2.45) is 5.41 Å². The van der Waals surface area contributed by atoms with Gasteiger partial charge < -0.3 is 9.64 Å². The van der Waals surface area contributed by atoms with Gasteiger partial charge >= 0.3 is 5.97 Å². The number of likely N-dealkylation sites (tertiary alicyclic amines) is 1. The zero-order chi connectivity index (χ0) is 15.3. The summed E-state index contributed by atoms with van der Waals surface area (Å²) in [5.41, 5.74) is -0.795. The maximum atomic E-state index is 12.9. The van der Waals surface area contributed by atoms with Gasteiger partial charge in [-0.15, -0.1) is 0 Å². The number of nitrogens with zero attached hydrogens (tertiary/aromatic N) is 2. The van der Waals surface area contributed by atoms with Gasteiger partial charge in [0.2, 0.25) is 10.0 Å². The summed E-state index contributed by atoms with van der Waals surface area (Å²) in [5.74, 6) is -0.442. The molecule has 2 unspecified atom stereocenters. The largest absolute Gasteiger partial charge is 0.469 e. The summed E-state index contributed by atoms with van der Waals surface area (Å²) in [6.45, 7) is 1.59. The van der Waals surface area contributed by atoms with Crippen LogP contribution >= 0.6 is 0 Å². The minimum absolute atomic E-state index is 0.0773. The summed E-state index contributed by atoms with van der Waals surface area (Å²) in [5, 5.41) is 0. The first-order valence-electron chi connectivity index (χ1n) is 7.66. The summed E-state index contributed by atoms with van der Waals surface area (Å²) >= 11 is 0. The SMILES string of the molecule is COC(=O)C1(CS(=O)(=O)N2C3CCC2CN(C)C3)CCC1. The van der Waals surface area contributed by atoms with E-state index in [9.17, 15) is 13.2 Å². The van der Waals surface area contributed by atoms with Crippen molar-refractivity contribution < 1.29 is 17.9 Å². The lowest BCUT2D eigenvalue weighted by molar-refractivity contribution is -0.156. The number of esters is 1. The Labute approximate surface area is 126 Å². The van der Waals surface area contributed by atoms with Gasteiger partial charge in [0.1, 0.15) is 0 Å². The number of carbonyl (C=O) groups excluding carboxylic acids is 1. The molecule has 2 atom stereocenters. The Bertz CT molecular complexity index is 515. The third kappa shape index (κ3) is 2.49. The highest BCUT2D eigenvalue weighted by molar-refractivity contribution is 7.89. The molecule has 2 heterocycles. The zero-order valence-corrected chi connectivity index (χ0v) is 13.6. The molecule has 0 radical (unpaired) electrons. The molecule has 0 N–H and O–H groups in total. The molecule has 0 aromatic rings. The van der Waals surface area contributed by atoms with Crippen LogP contribution < -0.4 is 0 Å². The Balaban J connectivity index is 1.80. The van der Waals surface area contributed by atoms with Gasteiger partial charge in [0.15, 0.2) is 0 Å². The Kier molecular flexibility index (Phi) is 3.78. The van der Waals surface area contributed by atoms with Crippen molar-refractivity contribution in [1.82, 2.24) is 9.21 Å². The van der Waals surface area contributed by atoms with E-state index in [0.717, 1.165) is 32.4 Å². The van der Waals surface area contributed by atoms with Crippen molar-refractivity contribution in [3.05, 3.63) is 0 Å². The predicted octanol–water partition coefficient (Wildman–Crippen LogP) is 0.438. The van der Waals surface area contributed by atoms with Crippen LogP contribution in [0, 0.1) is 5.41 Å². The van der Waals surface area contributed by atoms with Crippen LogP contribution in [0.5, 0.6) is 0 Å². The summed E-state index contributed by atoms with van der Waals surface area (Å²) in [4.78, 5) is 14.2. The molecule has 0 aromatic heterocycles. The van der Waals surface area contributed by atoms with Crippen LogP contribution in [0.25, 0.3) is 0 Å². The molecule has 1 aliphatic carbocycles. The first-order valence-corrected chi connectivity index (χ1v) is 9.27. The summed E-state index contributed by atoms with van der Waals surface area (Å²) in [7, 11) is -0.0298. The van der Waals surface area contributed by atoms with Crippen molar-refractivity contribution in [2.75, 3.05) is 33.0 Å². The quantitative estimate of drug-likeness (QED) is 0.704. The van der Waals surface area contributed by atoms with E-state index in [1.54, 1.807) is 4.31 Å². The fraction of sp³-hybridized carbons (Fsp3) is 0.929. The van der Waals surface area contributed by atoms with E-state index < -0.39 is 15.4 Å². The number of methoxy groups -OCH3 is 1. The van der Waals surface area contributed by atoms with Crippen molar-refractivity contribution in [1.29, 1.82) is 0 Å². The molecular weight excluding hydrogens is 292 g/mol. The molecule has 1 saturated carbocycles. The number of carbonyl (C=O) groups is 1. The summed E-state index contributed by atoms with van der Waals surface area (Å²) in [6.07, 6.45) is 4.02. The monoisotopic (exact) mass is 316 g/mol. The smallest absolute Gasteiger partial charge is 0.312 e. The molecule has 3 rings (SSSR count). The second-order valence-corrected chi connectivity index (χ2v) is 8.69. The van der Waals surface area contributed by atoms with E-state index in [4.69, 9.17) is 4.74 Å². The van der Waals surface area contributed by atoms with Gasteiger partial charge in [0.05, 0.1) is 18.3 Å². The average molecular weight is 316 g/mol. The summed E-state index contributed by atoms with van der Waals surface area (Å²) < 4.78 is 32.3. The lowest BCUT2D eigenvalue weighted by Gasteiger charge is -2.43. The lowest BCUT2D eigenvalue weighted by Crippen LogP contribution is -2.57. The van der Waals surface area contributed by atoms with E-state index in [-0.39, 0.29) is 23.8 Å². The highest BCUT2D eigenvalue weighted by Gasteiger charge is 2.53. The molecule has 6 nitrogen and oxygen atoms in total. The van der Waals surface area contributed by atoms with Gasteiger partial charge in [-0.1, -0.05) is 6.42 Å². The Morgan fingerprint density at radius 1 is 1.24 bits per heavy atom. The molecule has 7 heteroatoms. The van der Waals surface area contributed by atoms with E-state index in [1.165, 1.54) is 7.11 Å². The third-order valence-electron chi connectivity index (χ3n) is 5.31. The number of likely N-dealkylation sites (N-methyl/N-ethyl adjacent to an activating group) is 1. The fourth-order valence-electron chi connectivity index (χ4n) is 4.18. The summed E-state index contributed by atoms with van der Waals surface area (Å²) in [6, 6.07) is 0.155. The molecule has 2 bridgehead atoms. The topological polar surface area (TPSA) is 66.9 Å². The Morgan fingerprint density at radius 3 is 2.24 bits per heavy atom. The highest BCUT2D eigenvalue weighted by Crippen LogP contribution is 2.45. The molecule has 2 saturated heterocycles. The van der Waals surface area contributed by atoms with E-state index in [2.05, 4.69) is 4.90 Å². The average Bonchev–Trinajstić information content (AvgIpc) is 2.67. The number of fused-ring (bicyclic) bond motifs is 2. The molecule has 3 aliphatic rings. The van der Waals surface area contributed by atoms with Gasteiger partial charge in [0, 0.05) is 25.2 Å². The first kappa shape index (κ1) is 15.2. The first-order chi connectivity index (χ1) is 9.88. The molecule has 21 heavy (non-hydrogen) atoms. The second-order valence-electron chi connectivity index (χ2n) is 6.82. The van der Waals surface area contributed by atoms with Crippen molar-refractivity contribution >= 4 is 16.0 Å². The predicted molar refractivity (Wildman–Crippen MR) is 78.2 cm³/mol. The normalized spacial score (nSPS) is 32.7. The molecule has 0 spiro atoms. The van der Waals surface area contributed by atoms with E-state index in [1.807, 2.05) is 7.05 Å². The molecule has 120 valence electrons. The van der Waals surface area contributed by atoms with Crippen molar-refractivity contribution in [2.45, 2.75) is 44.2 Å². The van der Waals surface area contributed by atoms with Crippen LogP contribution in [0.4, 0.5) is 0 Å². The molecule has 0 amide bonds. The van der Waals surface area contributed by atoms with Gasteiger partial charge in [-0.25, -0.2) is 8.42 Å². The van der Waals surface area contributed by atoms with Crippen LogP contribution in [0.3, 0.4) is 0 Å².